The first-order chi connectivity index (χ1) is 7.62. The lowest BCUT2D eigenvalue weighted by molar-refractivity contribution is -0.0781. The standard InChI is InChI=1S/C13H17F2N/c1-2-16-9-8-13(14,15)10-12(16)11-6-4-3-5-7-11/h3-7,12H,2,8-10H2,1H3/t12-/m0/s1. The highest BCUT2D eigenvalue weighted by Gasteiger charge is 2.40. The van der Waals surface area contributed by atoms with Crippen LogP contribution in [0.15, 0.2) is 30.3 Å². The molecule has 0 radical (unpaired) electrons. The predicted octanol–water partition coefficient (Wildman–Crippen LogP) is 3.48. The van der Waals surface area contributed by atoms with Crippen molar-refractivity contribution in [3.05, 3.63) is 35.9 Å². The molecule has 0 amide bonds. The molecule has 16 heavy (non-hydrogen) atoms. The molecule has 2 rings (SSSR count). The Morgan fingerprint density at radius 3 is 2.62 bits per heavy atom. The van der Waals surface area contributed by atoms with E-state index in [9.17, 15) is 8.78 Å². The van der Waals surface area contributed by atoms with Crippen LogP contribution in [0, 0.1) is 0 Å². The topological polar surface area (TPSA) is 3.24 Å². The van der Waals surface area contributed by atoms with Crippen molar-refractivity contribution in [2.75, 3.05) is 13.1 Å². The quantitative estimate of drug-likeness (QED) is 0.744. The third kappa shape index (κ3) is 2.40. The van der Waals surface area contributed by atoms with Crippen LogP contribution in [0.1, 0.15) is 31.4 Å². The smallest absolute Gasteiger partial charge is 0.251 e. The van der Waals surface area contributed by atoms with Crippen molar-refractivity contribution in [2.45, 2.75) is 31.7 Å². The van der Waals surface area contributed by atoms with Gasteiger partial charge in [0.2, 0.25) is 0 Å². The van der Waals surface area contributed by atoms with Gasteiger partial charge in [0, 0.05) is 25.4 Å². The number of hydrogen-bond donors (Lipinski definition) is 0. The lowest BCUT2D eigenvalue weighted by atomic mass is 9.93. The van der Waals surface area contributed by atoms with E-state index in [1.807, 2.05) is 37.3 Å². The molecule has 3 heteroatoms. The van der Waals surface area contributed by atoms with E-state index in [-0.39, 0.29) is 18.9 Å². The molecule has 1 aliphatic heterocycles. The Balaban J connectivity index is 2.22. The zero-order valence-electron chi connectivity index (χ0n) is 9.50. The van der Waals surface area contributed by atoms with Crippen LogP contribution >= 0.6 is 0 Å². The van der Waals surface area contributed by atoms with Gasteiger partial charge in [0.1, 0.15) is 0 Å². The summed E-state index contributed by atoms with van der Waals surface area (Å²) in [7, 11) is 0. The summed E-state index contributed by atoms with van der Waals surface area (Å²) in [6.45, 7) is 3.35. The molecule has 88 valence electrons. The van der Waals surface area contributed by atoms with Gasteiger partial charge < -0.3 is 0 Å². The number of alkyl halides is 2. The van der Waals surface area contributed by atoms with Crippen LogP contribution in [0.2, 0.25) is 0 Å². The van der Waals surface area contributed by atoms with E-state index in [0.717, 1.165) is 12.1 Å². The molecule has 1 heterocycles. The normalized spacial score (nSPS) is 25.6. The monoisotopic (exact) mass is 225 g/mol. The lowest BCUT2D eigenvalue weighted by Gasteiger charge is -2.39. The molecule has 1 saturated heterocycles. The van der Waals surface area contributed by atoms with Crippen LogP contribution < -0.4 is 0 Å². The van der Waals surface area contributed by atoms with Crippen molar-refractivity contribution in [3.8, 4) is 0 Å². The summed E-state index contributed by atoms with van der Waals surface area (Å²) in [5, 5.41) is 0. The minimum Gasteiger partial charge on any atom is -0.296 e. The Morgan fingerprint density at radius 2 is 2.00 bits per heavy atom. The van der Waals surface area contributed by atoms with E-state index in [1.165, 1.54) is 0 Å². The largest absolute Gasteiger partial charge is 0.296 e. The molecular weight excluding hydrogens is 208 g/mol. The second-order valence-electron chi connectivity index (χ2n) is 4.37. The maximum absolute atomic E-state index is 13.4. The highest BCUT2D eigenvalue weighted by atomic mass is 19.3. The fourth-order valence-corrected chi connectivity index (χ4v) is 2.36. The van der Waals surface area contributed by atoms with Crippen LogP contribution in [0.3, 0.4) is 0 Å². The second-order valence-corrected chi connectivity index (χ2v) is 4.37. The first-order valence-corrected chi connectivity index (χ1v) is 5.79. The second kappa shape index (κ2) is 4.50. The molecule has 0 aromatic heterocycles. The lowest BCUT2D eigenvalue weighted by Crippen LogP contribution is -2.41. The van der Waals surface area contributed by atoms with E-state index in [2.05, 4.69) is 4.90 Å². The molecule has 1 nitrogen and oxygen atoms in total. The van der Waals surface area contributed by atoms with Gasteiger partial charge in [-0.25, -0.2) is 8.78 Å². The predicted molar refractivity (Wildman–Crippen MR) is 60.6 cm³/mol. The molecule has 1 aromatic rings. The molecular formula is C13H17F2N. The van der Waals surface area contributed by atoms with Crippen molar-refractivity contribution < 1.29 is 8.78 Å². The van der Waals surface area contributed by atoms with Gasteiger partial charge in [0.15, 0.2) is 0 Å². The van der Waals surface area contributed by atoms with E-state index < -0.39 is 5.92 Å². The molecule has 1 atom stereocenters. The maximum atomic E-state index is 13.4. The van der Waals surface area contributed by atoms with Crippen LogP contribution in [0.25, 0.3) is 0 Å². The van der Waals surface area contributed by atoms with E-state index in [1.54, 1.807) is 0 Å². The van der Waals surface area contributed by atoms with Crippen LogP contribution in [-0.2, 0) is 0 Å². The molecule has 0 bridgehead atoms. The van der Waals surface area contributed by atoms with Gasteiger partial charge in [-0.2, -0.15) is 0 Å². The van der Waals surface area contributed by atoms with Crippen LogP contribution in [-0.4, -0.2) is 23.9 Å². The average molecular weight is 225 g/mol. The zero-order valence-corrected chi connectivity index (χ0v) is 9.50. The van der Waals surface area contributed by atoms with E-state index in [0.29, 0.717) is 6.54 Å². The fourth-order valence-electron chi connectivity index (χ4n) is 2.36. The molecule has 0 N–H and O–H groups in total. The number of piperidine rings is 1. The van der Waals surface area contributed by atoms with Gasteiger partial charge in [-0.15, -0.1) is 0 Å². The Morgan fingerprint density at radius 1 is 1.31 bits per heavy atom. The Hall–Kier alpha value is -0.960. The van der Waals surface area contributed by atoms with Crippen molar-refractivity contribution >= 4 is 0 Å². The maximum Gasteiger partial charge on any atom is 0.251 e. The van der Waals surface area contributed by atoms with Gasteiger partial charge in [0.25, 0.3) is 5.92 Å². The number of benzene rings is 1. The Kier molecular flexibility index (Phi) is 3.24. The van der Waals surface area contributed by atoms with E-state index >= 15 is 0 Å². The van der Waals surface area contributed by atoms with Gasteiger partial charge in [-0.05, 0) is 12.1 Å². The first kappa shape index (κ1) is 11.5. The average Bonchev–Trinajstić information content (AvgIpc) is 2.29. The SMILES string of the molecule is CCN1CCC(F)(F)C[C@H]1c1ccccc1. The molecule has 0 unspecified atom stereocenters. The van der Waals surface area contributed by atoms with Crippen LogP contribution in [0.5, 0.6) is 0 Å². The molecule has 0 spiro atoms. The van der Waals surface area contributed by atoms with Gasteiger partial charge in [-0.1, -0.05) is 37.3 Å². The summed E-state index contributed by atoms with van der Waals surface area (Å²) in [6.07, 6.45) is -0.0605. The summed E-state index contributed by atoms with van der Waals surface area (Å²) in [6, 6.07) is 9.49. The minimum absolute atomic E-state index is 0.00975. The number of nitrogens with zero attached hydrogens (tertiary/aromatic N) is 1. The number of hydrogen-bond acceptors (Lipinski definition) is 1. The summed E-state index contributed by atoms with van der Waals surface area (Å²) in [4.78, 5) is 2.13. The number of rotatable bonds is 2. The fraction of sp³-hybridized carbons (Fsp3) is 0.538. The first-order valence-electron chi connectivity index (χ1n) is 5.79. The summed E-state index contributed by atoms with van der Waals surface area (Å²) in [5.74, 6) is -2.51. The van der Waals surface area contributed by atoms with Crippen LogP contribution in [0.4, 0.5) is 8.78 Å². The molecule has 0 aliphatic carbocycles. The summed E-state index contributed by atoms with van der Waals surface area (Å²) in [5.41, 5.74) is 1.00. The third-order valence-electron chi connectivity index (χ3n) is 3.29. The molecule has 1 aromatic carbocycles. The van der Waals surface area contributed by atoms with Crippen molar-refractivity contribution in [2.24, 2.45) is 0 Å². The van der Waals surface area contributed by atoms with Gasteiger partial charge >= 0.3 is 0 Å². The van der Waals surface area contributed by atoms with Crippen molar-refractivity contribution in [1.82, 2.24) is 4.90 Å². The zero-order chi connectivity index (χ0) is 11.6. The highest BCUT2D eigenvalue weighted by molar-refractivity contribution is 5.20. The molecule has 1 aliphatic rings. The minimum atomic E-state index is -2.51. The van der Waals surface area contributed by atoms with Gasteiger partial charge in [-0.3, -0.25) is 4.90 Å². The highest BCUT2D eigenvalue weighted by Crippen LogP contribution is 2.39. The molecule has 1 fully saturated rings. The number of halogens is 2. The third-order valence-corrected chi connectivity index (χ3v) is 3.29. The molecule has 0 saturated carbocycles. The summed E-state index contributed by atoms with van der Waals surface area (Å²) < 4.78 is 26.8. The van der Waals surface area contributed by atoms with E-state index in [4.69, 9.17) is 0 Å². The Bertz CT molecular complexity index is 337. The number of likely N-dealkylation sites (tertiary alicyclic amines) is 1. The summed E-state index contributed by atoms with van der Waals surface area (Å²) >= 11 is 0. The van der Waals surface area contributed by atoms with Crippen molar-refractivity contribution in [1.29, 1.82) is 0 Å². The van der Waals surface area contributed by atoms with Gasteiger partial charge in [0.05, 0.1) is 0 Å². The van der Waals surface area contributed by atoms with Crippen molar-refractivity contribution in [3.63, 3.8) is 0 Å². The Labute approximate surface area is 95.1 Å².